The molecule has 2 N–H and O–H groups in total. The number of ether oxygens (including phenoxy) is 1. The summed E-state index contributed by atoms with van der Waals surface area (Å²) < 4.78 is 5.60. The summed E-state index contributed by atoms with van der Waals surface area (Å²) in [4.78, 5) is 21.1. The van der Waals surface area contributed by atoms with E-state index in [1.807, 2.05) is 25.2 Å². The Labute approximate surface area is 136 Å². The number of hydrogen-bond donors (Lipinski definition) is 2. The Morgan fingerprint density at radius 2 is 2.43 bits per heavy atom. The lowest BCUT2D eigenvalue weighted by molar-refractivity contribution is 0.100. The molecule has 1 aliphatic rings. The second-order valence-electron chi connectivity index (χ2n) is 6.11. The summed E-state index contributed by atoms with van der Waals surface area (Å²) in [6.07, 6.45) is 6.42. The van der Waals surface area contributed by atoms with E-state index < -0.39 is 0 Å². The highest BCUT2D eigenvalue weighted by Crippen LogP contribution is 2.16. The molecule has 0 bridgehead atoms. The third kappa shape index (κ3) is 4.22. The van der Waals surface area contributed by atoms with Crippen LogP contribution in [0.2, 0.25) is 0 Å². The minimum Gasteiger partial charge on any atom is -0.378 e. The van der Waals surface area contributed by atoms with Gasteiger partial charge in [-0.25, -0.2) is 9.78 Å². The van der Waals surface area contributed by atoms with Crippen molar-refractivity contribution in [2.75, 3.05) is 20.2 Å². The summed E-state index contributed by atoms with van der Waals surface area (Å²) >= 11 is 0. The number of fused-ring (bicyclic) bond motifs is 1. The summed E-state index contributed by atoms with van der Waals surface area (Å²) in [5.41, 5.74) is 2.98. The molecule has 3 rings (SSSR count). The highest BCUT2D eigenvalue weighted by Gasteiger charge is 2.16. The zero-order valence-corrected chi connectivity index (χ0v) is 13.5. The predicted molar refractivity (Wildman–Crippen MR) is 89.2 cm³/mol. The van der Waals surface area contributed by atoms with Gasteiger partial charge in [0.2, 0.25) is 0 Å². The Morgan fingerprint density at radius 1 is 1.52 bits per heavy atom. The van der Waals surface area contributed by atoms with Gasteiger partial charge in [0.15, 0.2) is 0 Å². The molecule has 6 nitrogen and oxygen atoms in total. The molecule has 1 saturated heterocycles. The fourth-order valence-electron chi connectivity index (χ4n) is 2.94. The van der Waals surface area contributed by atoms with E-state index in [4.69, 9.17) is 4.74 Å². The van der Waals surface area contributed by atoms with Crippen LogP contribution in [0.25, 0.3) is 11.0 Å². The van der Waals surface area contributed by atoms with Crippen LogP contribution in [0.1, 0.15) is 31.2 Å². The average molecular weight is 316 g/mol. The summed E-state index contributed by atoms with van der Waals surface area (Å²) in [6.45, 7) is 2.16. The lowest BCUT2D eigenvalue weighted by Gasteiger charge is -2.19. The number of carbonyl (C=O) groups excluding carboxylic acids is 1. The van der Waals surface area contributed by atoms with Crippen LogP contribution in [-0.2, 0) is 11.3 Å². The number of hydrogen-bond acceptors (Lipinski definition) is 3. The van der Waals surface area contributed by atoms with Crippen LogP contribution in [0.4, 0.5) is 4.79 Å². The number of aromatic nitrogens is 2. The summed E-state index contributed by atoms with van der Waals surface area (Å²) in [5.74, 6) is 0. The van der Waals surface area contributed by atoms with E-state index in [1.165, 1.54) is 6.42 Å². The van der Waals surface area contributed by atoms with Gasteiger partial charge in [0.25, 0.3) is 0 Å². The van der Waals surface area contributed by atoms with Crippen molar-refractivity contribution < 1.29 is 9.53 Å². The van der Waals surface area contributed by atoms with Crippen molar-refractivity contribution >= 4 is 17.1 Å². The smallest absolute Gasteiger partial charge is 0.317 e. The van der Waals surface area contributed by atoms with Crippen LogP contribution < -0.4 is 5.32 Å². The zero-order valence-electron chi connectivity index (χ0n) is 13.5. The third-order valence-corrected chi connectivity index (χ3v) is 4.32. The molecule has 23 heavy (non-hydrogen) atoms. The minimum atomic E-state index is -0.0398. The summed E-state index contributed by atoms with van der Waals surface area (Å²) in [5, 5.41) is 2.96. The van der Waals surface area contributed by atoms with Gasteiger partial charge < -0.3 is 19.9 Å². The molecule has 1 aromatic carbocycles. The van der Waals surface area contributed by atoms with Gasteiger partial charge in [0.05, 0.1) is 23.5 Å². The van der Waals surface area contributed by atoms with Gasteiger partial charge in [-0.1, -0.05) is 6.07 Å². The predicted octanol–water partition coefficient (Wildman–Crippen LogP) is 2.66. The quantitative estimate of drug-likeness (QED) is 0.861. The Balaban J connectivity index is 1.40. The first-order valence-corrected chi connectivity index (χ1v) is 8.25. The van der Waals surface area contributed by atoms with Gasteiger partial charge in [0, 0.05) is 26.7 Å². The molecule has 2 aromatic rings. The SMILES string of the molecule is CN(CCCC1CCCO1)C(=O)NCc1ccc2nc[nH]c2c1. The number of aromatic amines is 1. The Bertz CT molecular complexity index is 649. The topological polar surface area (TPSA) is 70.2 Å². The fourth-order valence-corrected chi connectivity index (χ4v) is 2.94. The Hall–Kier alpha value is -2.08. The highest BCUT2D eigenvalue weighted by atomic mass is 16.5. The molecule has 0 radical (unpaired) electrons. The number of imidazole rings is 1. The van der Waals surface area contributed by atoms with Crippen molar-refractivity contribution in [1.82, 2.24) is 20.2 Å². The molecular weight excluding hydrogens is 292 g/mol. The molecule has 0 saturated carbocycles. The molecule has 1 atom stereocenters. The molecule has 1 fully saturated rings. The van der Waals surface area contributed by atoms with E-state index >= 15 is 0 Å². The second kappa shape index (κ2) is 7.46. The van der Waals surface area contributed by atoms with Gasteiger partial charge in [-0.15, -0.1) is 0 Å². The Kier molecular flexibility index (Phi) is 5.12. The van der Waals surface area contributed by atoms with Gasteiger partial charge in [-0.3, -0.25) is 0 Å². The first-order chi connectivity index (χ1) is 11.2. The molecule has 124 valence electrons. The molecule has 0 aliphatic carbocycles. The number of carbonyl (C=O) groups is 1. The largest absolute Gasteiger partial charge is 0.378 e. The first-order valence-electron chi connectivity index (χ1n) is 8.25. The van der Waals surface area contributed by atoms with Crippen molar-refractivity contribution in [2.24, 2.45) is 0 Å². The van der Waals surface area contributed by atoms with E-state index in [9.17, 15) is 4.79 Å². The van der Waals surface area contributed by atoms with E-state index in [2.05, 4.69) is 15.3 Å². The lowest BCUT2D eigenvalue weighted by Crippen LogP contribution is -2.37. The highest BCUT2D eigenvalue weighted by molar-refractivity contribution is 5.76. The van der Waals surface area contributed by atoms with Crippen molar-refractivity contribution in [1.29, 1.82) is 0 Å². The van der Waals surface area contributed by atoms with Gasteiger partial charge >= 0.3 is 6.03 Å². The molecule has 1 aromatic heterocycles. The maximum absolute atomic E-state index is 12.1. The van der Waals surface area contributed by atoms with Crippen LogP contribution in [0.3, 0.4) is 0 Å². The van der Waals surface area contributed by atoms with Gasteiger partial charge in [-0.05, 0) is 43.4 Å². The standard InChI is InChI=1S/C17H24N4O2/c1-21(8-2-4-14-5-3-9-23-14)17(22)18-11-13-6-7-15-16(10-13)20-12-19-15/h6-7,10,12,14H,2-5,8-9,11H2,1H3,(H,18,22)(H,19,20). The van der Waals surface area contributed by atoms with Gasteiger partial charge in [0.1, 0.15) is 0 Å². The fraction of sp³-hybridized carbons (Fsp3) is 0.529. The first kappa shape index (κ1) is 15.8. The number of H-pyrrole nitrogens is 1. The van der Waals surface area contributed by atoms with E-state index in [0.29, 0.717) is 12.6 Å². The number of nitrogens with one attached hydrogen (secondary N) is 2. The summed E-state index contributed by atoms with van der Waals surface area (Å²) in [7, 11) is 1.84. The Morgan fingerprint density at radius 3 is 3.26 bits per heavy atom. The number of benzene rings is 1. The van der Waals surface area contributed by atoms with Crippen molar-refractivity contribution in [2.45, 2.75) is 38.3 Å². The van der Waals surface area contributed by atoms with Crippen LogP contribution in [0, 0.1) is 0 Å². The van der Waals surface area contributed by atoms with Crippen molar-refractivity contribution in [3.05, 3.63) is 30.1 Å². The normalized spacial score (nSPS) is 17.5. The van der Waals surface area contributed by atoms with Crippen molar-refractivity contribution in [3.8, 4) is 0 Å². The van der Waals surface area contributed by atoms with E-state index in [0.717, 1.165) is 49.0 Å². The maximum atomic E-state index is 12.1. The van der Waals surface area contributed by atoms with E-state index in [1.54, 1.807) is 11.2 Å². The van der Waals surface area contributed by atoms with Crippen LogP contribution in [-0.4, -0.2) is 47.2 Å². The number of nitrogens with zero attached hydrogens (tertiary/aromatic N) is 2. The number of rotatable bonds is 6. The van der Waals surface area contributed by atoms with Crippen LogP contribution in [0.5, 0.6) is 0 Å². The molecule has 2 amide bonds. The van der Waals surface area contributed by atoms with Crippen LogP contribution in [0.15, 0.2) is 24.5 Å². The molecule has 0 spiro atoms. The monoisotopic (exact) mass is 316 g/mol. The summed E-state index contributed by atoms with van der Waals surface area (Å²) in [6, 6.07) is 5.92. The molecule has 1 unspecified atom stereocenters. The van der Waals surface area contributed by atoms with E-state index in [-0.39, 0.29) is 6.03 Å². The average Bonchev–Trinajstić information content (AvgIpc) is 3.23. The number of amides is 2. The molecular formula is C17H24N4O2. The lowest BCUT2D eigenvalue weighted by atomic mass is 10.1. The maximum Gasteiger partial charge on any atom is 0.317 e. The van der Waals surface area contributed by atoms with Gasteiger partial charge in [-0.2, -0.15) is 0 Å². The zero-order chi connectivity index (χ0) is 16.1. The second-order valence-corrected chi connectivity index (χ2v) is 6.11. The van der Waals surface area contributed by atoms with Crippen molar-refractivity contribution in [3.63, 3.8) is 0 Å². The third-order valence-electron chi connectivity index (χ3n) is 4.32. The molecule has 1 aliphatic heterocycles. The van der Waals surface area contributed by atoms with Crippen LogP contribution >= 0.6 is 0 Å². The number of urea groups is 1. The molecule has 2 heterocycles. The minimum absolute atomic E-state index is 0.0398. The molecule has 6 heteroatoms.